The molecule has 1 heterocycles. The van der Waals surface area contributed by atoms with Crippen molar-refractivity contribution < 1.29 is 4.74 Å². The van der Waals surface area contributed by atoms with Gasteiger partial charge in [0.15, 0.2) is 0 Å². The van der Waals surface area contributed by atoms with Crippen molar-refractivity contribution in [1.29, 1.82) is 0 Å². The molecular weight excluding hydrogens is 430 g/mol. The maximum absolute atomic E-state index is 13.5. The lowest BCUT2D eigenvalue weighted by Crippen LogP contribution is -2.19. The zero-order valence-electron chi connectivity index (χ0n) is 19.0. The Hall–Kier alpha value is -3.51. The maximum atomic E-state index is 13.5. The minimum absolute atomic E-state index is 0.119. The van der Waals surface area contributed by atoms with E-state index >= 15 is 0 Å². The number of ether oxygens (including phenoxy) is 1. The van der Waals surface area contributed by atoms with Crippen molar-refractivity contribution in [2.75, 3.05) is 19.4 Å². The number of nitrogens with one attached hydrogen (secondary N) is 1. The van der Waals surface area contributed by atoms with Crippen LogP contribution in [0.15, 0.2) is 93.5 Å². The van der Waals surface area contributed by atoms with Gasteiger partial charge in [0.25, 0.3) is 5.56 Å². The second-order valence-corrected chi connectivity index (χ2v) is 8.86. The van der Waals surface area contributed by atoms with Gasteiger partial charge in [0.05, 0.1) is 24.1 Å². The number of rotatable bonds is 8. The number of aryl methyl sites for hydroxylation is 1. The van der Waals surface area contributed by atoms with Gasteiger partial charge in [-0.05, 0) is 50.2 Å². The van der Waals surface area contributed by atoms with Crippen LogP contribution in [0.3, 0.4) is 0 Å². The van der Waals surface area contributed by atoms with Gasteiger partial charge in [-0.2, -0.15) is 0 Å². The van der Waals surface area contributed by atoms with Crippen LogP contribution < -0.4 is 10.3 Å². The molecule has 4 rings (SSSR count). The number of H-pyrrole nitrogens is 1. The van der Waals surface area contributed by atoms with E-state index in [0.717, 1.165) is 34.2 Å². The van der Waals surface area contributed by atoms with Crippen LogP contribution >= 0.6 is 11.8 Å². The summed E-state index contributed by atoms with van der Waals surface area (Å²) in [5, 5.41) is 3.30. The summed E-state index contributed by atoms with van der Waals surface area (Å²) in [5.41, 5.74) is 4.91. The van der Waals surface area contributed by atoms with Gasteiger partial charge in [-0.1, -0.05) is 48.0 Å². The predicted molar refractivity (Wildman–Crippen MR) is 137 cm³/mol. The van der Waals surface area contributed by atoms with E-state index in [2.05, 4.69) is 36.3 Å². The van der Waals surface area contributed by atoms with Crippen LogP contribution in [0, 0.1) is 6.92 Å². The first-order valence-electron chi connectivity index (χ1n) is 10.8. The van der Waals surface area contributed by atoms with Crippen LogP contribution in [-0.4, -0.2) is 34.9 Å². The Kier molecular flexibility index (Phi) is 7.15. The Morgan fingerprint density at radius 3 is 2.36 bits per heavy atom. The first-order valence-corrected chi connectivity index (χ1v) is 11.8. The third-order valence-electron chi connectivity index (χ3n) is 5.38. The highest BCUT2D eigenvalue weighted by atomic mass is 32.2. The van der Waals surface area contributed by atoms with E-state index in [1.807, 2.05) is 61.5 Å². The lowest BCUT2D eigenvalue weighted by molar-refractivity contribution is 0.414. The molecule has 0 aliphatic rings. The van der Waals surface area contributed by atoms with E-state index in [1.165, 1.54) is 10.5 Å². The Bertz CT molecular complexity index is 1290. The fraction of sp³-hybridized carbons (Fsp3) is 0.185. The molecule has 0 radical (unpaired) electrons. The molecule has 5 nitrogen and oxygen atoms in total. The summed E-state index contributed by atoms with van der Waals surface area (Å²) >= 11 is 1.77. The number of aromatic amines is 1. The largest absolute Gasteiger partial charge is 0.497 e. The van der Waals surface area contributed by atoms with Crippen molar-refractivity contribution >= 4 is 17.5 Å². The molecule has 1 aromatic heterocycles. The Balaban J connectivity index is 1.63. The molecule has 0 aliphatic heterocycles. The number of methoxy groups -OCH3 is 1. The molecule has 6 heteroatoms. The number of hydrogen-bond donors (Lipinski definition) is 1. The second-order valence-electron chi connectivity index (χ2n) is 7.70. The molecule has 168 valence electrons. The number of hydrogen-bond acceptors (Lipinski definition) is 4. The molecule has 0 amide bonds. The number of aromatic nitrogens is 2. The standard InChI is InChI=1S/C27H27N3O2S/c1-19-9-15-24(16-10-19)33-18-17-28-20(2)25-26(21-7-5-4-6-8-21)29-30(27(25)31)22-11-13-23(32-3)14-12-22/h4-16,29H,17-18H2,1-3H3. The number of benzene rings is 3. The van der Waals surface area contributed by atoms with Crippen molar-refractivity contribution in [2.24, 2.45) is 4.99 Å². The van der Waals surface area contributed by atoms with Crippen molar-refractivity contribution in [2.45, 2.75) is 18.7 Å². The fourth-order valence-electron chi connectivity index (χ4n) is 3.59. The van der Waals surface area contributed by atoms with Gasteiger partial charge >= 0.3 is 0 Å². The Morgan fingerprint density at radius 1 is 1.00 bits per heavy atom. The first kappa shape index (κ1) is 22.7. The molecule has 4 aromatic rings. The van der Waals surface area contributed by atoms with Crippen molar-refractivity contribution in [3.05, 3.63) is 100 Å². The van der Waals surface area contributed by atoms with Crippen LogP contribution in [-0.2, 0) is 0 Å². The van der Waals surface area contributed by atoms with Crippen LogP contribution in [0.1, 0.15) is 18.1 Å². The topological polar surface area (TPSA) is 59.4 Å². The van der Waals surface area contributed by atoms with E-state index in [4.69, 9.17) is 9.73 Å². The molecule has 1 N–H and O–H groups in total. The molecule has 33 heavy (non-hydrogen) atoms. The Labute approximate surface area is 198 Å². The summed E-state index contributed by atoms with van der Waals surface area (Å²) < 4.78 is 6.81. The molecule has 0 bridgehead atoms. The minimum Gasteiger partial charge on any atom is -0.497 e. The van der Waals surface area contributed by atoms with Gasteiger partial charge in [-0.25, -0.2) is 4.68 Å². The highest BCUT2D eigenvalue weighted by Crippen LogP contribution is 2.23. The van der Waals surface area contributed by atoms with Gasteiger partial charge in [-0.15, -0.1) is 11.8 Å². The Morgan fingerprint density at radius 2 is 1.70 bits per heavy atom. The molecule has 3 aromatic carbocycles. The lowest BCUT2D eigenvalue weighted by Gasteiger charge is -2.04. The molecular formula is C27H27N3O2S. The average Bonchev–Trinajstić information content (AvgIpc) is 3.20. The smallest absolute Gasteiger partial charge is 0.280 e. The summed E-state index contributed by atoms with van der Waals surface area (Å²) in [7, 11) is 1.62. The quantitative estimate of drug-likeness (QED) is 0.208. The van der Waals surface area contributed by atoms with Gasteiger partial charge in [0.2, 0.25) is 0 Å². The summed E-state index contributed by atoms with van der Waals surface area (Å²) in [5.74, 6) is 1.59. The average molecular weight is 458 g/mol. The SMILES string of the molecule is COc1ccc(-n2[nH]c(-c3ccccc3)c(C(C)=NCCSc3ccc(C)cc3)c2=O)cc1. The van der Waals surface area contributed by atoms with Crippen LogP contribution in [0.25, 0.3) is 16.9 Å². The summed E-state index contributed by atoms with van der Waals surface area (Å²) in [6.45, 7) is 4.62. The van der Waals surface area contributed by atoms with Crippen molar-refractivity contribution in [1.82, 2.24) is 9.78 Å². The van der Waals surface area contributed by atoms with Crippen molar-refractivity contribution in [3.63, 3.8) is 0 Å². The monoisotopic (exact) mass is 457 g/mol. The molecule has 0 fully saturated rings. The molecule has 0 atom stereocenters. The van der Waals surface area contributed by atoms with Crippen molar-refractivity contribution in [3.8, 4) is 22.7 Å². The van der Waals surface area contributed by atoms with Gasteiger partial charge in [-0.3, -0.25) is 14.9 Å². The van der Waals surface area contributed by atoms with Crippen LogP contribution in [0.2, 0.25) is 0 Å². The summed E-state index contributed by atoms with van der Waals surface area (Å²) in [6.07, 6.45) is 0. The highest BCUT2D eigenvalue weighted by molar-refractivity contribution is 7.99. The van der Waals surface area contributed by atoms with E-state index in [-0.39, 0.29) is 5.56 Å². The maximum Gasteiger partial charge on any atom is 0.280 e. The molecule has 0 aliphatic carbocycles. The summed E-state index contributed by atoms with van der Waals surface area (Å²) in [6, 6.07) is 25.8. The van der Waals surface area contributed by atoms with Gasteiger partial charge < -0.3 is 4.74 Å². The lowest BCUT2D eigenvalue weighted by atomic mass is 10.1. The normalized spacial score (nSPS) is 11.5. The van der Waals surface area contributed by atoms with E-state index in [9.17, 15) is 4.79 Å². The molecule has 0 saturated heterocycles. The third kappa shape index (κ3) is 5.29. The highest BCUT2D eigenvalue weighted by Gasteiger charge is 2.19. The first-order chi connectivity index (χ1) is 16.1. The fourth-order valence-corrected chi connectivity index (χ4v) is 4.34. The number of nitrogens with zero attached hydrogens (tertiary/aromatic N) is 2. The van der Waals surface area contributed by atoms with E-state index < -0.39 is 0 Å². The van der Waals surface area contributed by atoms with Crippen LogP contribution in [0.4, 0.5) is 0 Å². The number of thioether (sulfide) groups is 1. The minimum atomic E-state index is -0.119. The molecule has 0 unspecified atom stereocenters. The summed E-state index contributed by atoms with van der Waals surface area (Å²) in [4.78, 5) is 19.4. The second kappa shape index (κ2) is 10.4. The van der Waals surface area contributed by atoms with Gasteiger partial charge in [0, 0.05) is 28.5 Å². The van der Waals surface area contributed by atoms with E-state index in [1.54, 1.807) is 23.6 Å². The zero-order chi connectivity index (χ0) is 23.2. The number of aliphatic imine (C=N–C) groups is 1. The zero-order valence-corrected chi connectivity index (χ0v) is 19.9. The van der Waals surface area contributed by atoms with Crippen LogP contribution in [0.5, 0.6) is 5.75 Å². The molecule has 0 spiro atoms. The van der Waals surface area contributed by atoms with Gasteiger partial charge in [0.1, 0.15) is 5.75 Å². The molecule has 0 saturated carbocycles. The third-order valence-corrected chi connectivity index (χ3v) is 6.37. The van der Waals surface area contributed by atoms with E-state index in [0.29, 0.717) is 12.1 Å². The predicted octanol–water partition coefficient (Wildman–Crippen LogP) is 5.75.